The van der Waals surface area contributed by atoms with E-state index < -0.39 is 0 Å². The molecule has 0 fully saturated rings. The number of benzene rings is 2. The fourth-order valence-corrected chi connectivity index (χ4v) is 8.81. The van der Waals surface area contributed by atoms with Crippen LogP contribution in [0.3, 0.4) is 0 Å². The zero-order valence-corrected chi connectivity index (χ0v) is 32.2. The molecule has 2 aromatic carbocycles. The van der Waals surface area contributed by atoms with E-state index in [0.717, 1.165) is 13.1 Å². The fraction of sp³-hybridized carbons (Fsp3) is 0.619. The zero-order valence-electron chi connectivity index (χ0n) is 29.0. The summed E-state index contributed by atoms with van der Waals surface area (Å²) >= 11 is 7.61. The van der Waals surface area contributed by atoms with E-state index in [2.05, 4.69) is 104 Å². The van der Waals surface area contributed by atoms with E-state index in [-0.39, 0.29) is 0 Å². The number of rotatable bonds is 22. The van der Waals surface area contributed by atoms with Gasteiger partial charge in [-0.1, -0.05) is 180 Å². The van der Waals surface area contributed by atoms with Crippen molar-refractivity contribution < 1.29 is 0 Å². The average molecular weight is 753 g/mol. The molecule has 2 nitrogen and oxygen atoms in total. The van der Waals surface area contributed by atoms with Crippen molar-refractivity contribution in [1.29, 1.82) is 0 Å². The van der Waals surface area contributed by atoms with Gasteiger partial charge in [0, 0.05) is 49.9 Å². The molecule has 0 amide bonds. The van der Waals surface area contributed by atoms with E-state index in [1.54, 1.807) is 0 Å². The Hall–Kier alpha value is -1.52. The molecule has 252 valence electrons. The summed E-state index contributed by atoms with van der Waals surface area (Å²) in [6.45, 7) is 6.85. The lowest BCUT2D eigenvalue weighted by Gasteiger charge is -2.29. The molecule has 4 heteroatoms. The van der Waals surface area contributed by atoms with Crippen molar-refractivity contribution in [3.8, 4) is 0 Å². The number of fused-ring (bicyclic) bond motifs is 6. The first kappa shape index (κ1) is 35.8. The van der Waals surface area contributed by atoms with E-state index in [4.69, 9.17) is 0 Å². The lowest BCUT2D eigenvalue weighted by molar-refractivity contribution is 0.541. The first-order valence-electron chi connectivity index (χ1n) is 19.2. The zero-order chi connectivity index (χ0) is 32.1. The van der Waals surface area contributed by atoms with Gasteiger partial charge in [-0.15, -0.1) is 0 Å². The van der Waals surface area contributed by atoms with Gasteiger partial charge in [0.05, 0.1) is 11.6 Å². The highest BCUT2D eigenvalue weighted by molar-refractivity contribution is 9.12. The van der Waals surface area contributed by atoms with Crippen molar-refractivity contribution in [2.45, 2.75) is 161 Å². The normalized spacial score (nSPS) is 17.3. The molecule has 0 saturated heterocycles. The smallest absolute Gasteiger partial charge is 0.0591 e. The molecule has 2 atom stereocenters. The quantitative estimate of drug-likeness (QED) is 0.0928. The Morgan fingerprint density at radius 2 is 1.13 bits per heavy atom. The second kappa shape index (κ2) is 18.9. The molecule has 0 spiro atoms. The number of unbranched alkanes of at least 4 members (excludes halogenated alkanes) is 18. The minimum absolute atomic E-state index is 0.412. The topological polar surface area (TPSA) is 8.17 Å². The number of aryl methyl sites for hydroxylation is 1. The number of halogens is 2. The number of aromatic nitrogens is 1. The maximum Gasteiger partial charge on any atom is 0.0591 e. The third-order valence-corrected chi connectivity index (χ3v) is 11.7. The van der Waals surface area contributed by atoms with E-state index >= 15 is 0 Å². The van der Waals surface area contributed by atoms with Gasteiger partial charge in [-0.05, 0) is 48.7 Å². The molecule has 1 aliphatic carbocycles. The Kier molecular flexibility index (Phi) is 14.7. The number of anilines is 1. The van der Waals surface area contributed by atoms with Crippen LogP contribution in [-0.4, -0.2) is 17.2 Å². The molecule has 1 aromatic heterocycles. The minimum Gasteiger partial charge on any atom is -0.364 e. The van der Waals surface area contributed by atoms with Crippen LogP contribution in [-0.2, 0) is 6.54 Å². The van der Waals surface area contributed by atoms with E-state index in [0.29, 0.717) is 12.0 Å². The summed E-state index contributed by atoms with van der Waals surface area (Å²) < 4.78 is 5.03. The van der Waals surface area contributed by atoms with E-state index in [1.807, 2.05) is 0 Å². The van der Waals surface area contributed by atoms with Crippen molar-refractivity contribution in [3.05, 3.63) is 63.1 Å². The van der Waals surface area contributed by atoms with Gasteiger partial charge in [0.2, 0.25) is 0 Å². The highest BCUT2D eigenvalue weighted by atomic mass is 79.9. The molecule has 5 rings (SSSR count). The molecule has 0 bridgehead atoms. The van der Waals surface area contributed by atoms with Crippen molar-refractivity contribution in [3.63, 3.8) is 0 Å². The Bertz CT molecular complexity index is 1430. The molecule has 0 saturated carbocycles. The van der Waals surface area contributed by atoms with E-state index in [1.165, 1.54) is 170 Å². The summed E-state index contributed by atoms with van der Waals surface area (Å²) in [5.41, 5.74) is 5.78. The van der Waals surface area contributed by atoms with Crippen molar-refractivity contribution in [2.75, 3.05) is 11.4 Å². The summed E-state index contributed by atoms with van der Waals surface area (Å²) in [7, 11) is 0. The number of nitrogens with zero attached hydrogens (tertiary/aromatic N) is 2. The predicted octanol–water partition coefficient (Wildman–Crippen LogP) is 14.5. The number of hydrogen-bond acceptors (Lipinski definition) is 1. The third kappa shape index (κ3) is 9.34. The molecule has 46 heavy (non-hydrogen) atoms. The highest BCUT2D eigenvalue weighted by Gasteiger charge is 2.37. The minimum atomic E-state index is 0.412. The Morgan fingerprint density at radius 3 is 1.74 bits per heavy atom. The van der Waals surface area contributed by atoms with Gasteiger partial charge in [0.1, 0.15) is 0 Å². The highest BCUT2D eigenvalue weighted by Crippen LogP contribution is 2.48. The lowest BCUT2D eigenvalue weighted by atomic mass is 9.91. The third-order valence-electron chi connectivity index (χ3n) is 10.7. The van der Waals surface area contributed by atoms with Gasteiger partial charge in [-0.2, -0.15) is 0 Å². The Labute approximate surface area is 297 Å². The van der Waals surface area contributed by atoms with Gasteiger partial charge in [0.25, 0.3) is 0 Å². The largest absolute Gasteiger partial charge is 0.364 e. The lowest BCUT2D eigenvalue weighted by Crippen LogP contribution is -2.34. The van der Waals surface area contributed by atoms with Crippen LogP contribution in [0.5, 0.6) is 0 Å². The van der Waals surface area contributed by atoms with Gasteiger partial charge in [0.15, 0.2) is 0 Å². The SMILES string of the molecule is CCCCCCCCCCCCN1c2cc3c4ccc(Br)cc4n(CCCCCCCCCCCC)c3cc2C2C=CC(Br)=CC21. The van der Waals surface area contributed by atoms with Gasteiger partial charge >= 0.3 is 0 Å². The Morgan fingerprint density at radius 1 is 0.587 bits per heavy atom. The van der Waals surface area contributed by atoms with Gasteiger partial charge < -0.3 is 9.47 Å². The molecular weight excluding hydrogens is 692 g/mol. The molecule has 1 aliphatic heterocycles. The fourth-order valence-electron chi connectivity index (χ4n) is 8.03. The van der Waals surface area contributed by atoms with Crippen LogP contribution in [0.25, 0.3) is 21.8 Å². The summed E-state index contributed by atoms with van der Waals surface area (Å²) in [5.74, 6) is 0.430. The number of allylic oxidation sites excluding steroid dienone is 2. The second-order valence-electron chi connectivity index (χ2n) is 14.2. The van der Waals surface area contributed by atoms with Gasteiger partial charge in [-0.25, -0.2) is 0 Å². The first-order valence-corrected chi connectivity index (χ1v) is 20.8. The number of hydrogen-bond donors (Lipinski definition) is 0. The van der Waals surface area contributed by atoms with Crippen LogP contribution in [0.4, 0.5) is 5.69 Å². The molecular formula is C42H60Br2N2. The summed E-state index contributed by atoms with van der Waals surface area (Å²) in [6, 6.07) is 12.5. The molecule has 3 aromatic rings. The van der Waals surface area contributed by atoms with Crippen LogP contribution >= 0.6 is 31.9 Å². The monoisotopic (exact) mass is 750 g/mol. The van der Waals surface area contributed by atoms with Gasteiger partial charge in [-0.3, -0.25) is 0 Å². The molecule has 0 N–H and O–H groups in total. The van der Waals surface area contributed by atoms with Crippen molar-refractivity contribution in [2.24, 2.45) is 0 Å². The maximum absolute atomic E-state index is 3.82. The van der Waals surface area contributed by atoms with Crippen molar-refractivity contribution in [1.82, 2.24) is 4.57 Å². The second-order valence-corrected chi connectivity index (χ2v) is 16.1. The maximum atomic E-state index is 3.82. The van der Waals surface area contributed by atoms with Crippen LogP contribution in [0.2, 0.25) is 0 Å². The van der Waals surface area contributed by atoms with Crippen LogP contribution in [0.1, 0.15) is 154 Å². The average Bonchev–Trinajstić information content (AvgIpc) is 3.51. The van der Waals surface area contributed by atoms with E-state index in [9.17, 15) is 0 Å². The molecule has 2 aliphatic rings. The van der Waals surface area contributed by atoms with Crippen LogP contribution in [0.15, 0.2) is 57.5 Å². The molecule has 0 radical (unpaired) electrons. The molecule has 2 unspecified atom stereocenters. The standard InChI is InChI=1S/C42H60Br2N2/c1-3-5-7-9-11-13-15-17-19-21-27-45-39-29-33(43)23-25-35(39)37-32-42-38(31-41(37)45)36-26-24-34(44)30-40(36)46(42)28-22-20-18-16-14-12-10-8-6-4-2/h23-26,29-32,35,39H,3-22,27-28H2,1-2H3. The predicted molar refractivity (Wildman–Crippen MR) is 211 cm³/mol. The first-order chi connectivity index (χ1) is 22.6. The van der Waals surface area contributed by atoms with Crippen molar-refractivity contribution >= 4 is 59.4 Å². The Balaban J connectivity index is 1.26. The summed E-state index contributed by atoms with van der Waals surface area (Å²) in [6.07, 6.45) is 34.8. The summed E-state index contributed by atoms with van der Waals surface area (Å²) in [4.78, 5) is 2.74. The summed E-state index contributed by atoms with van der Waals surface area (Å²) in [5, 5.41) is 2.82. The van der Waals surface area contributed by atoms with Crippen LogP contribution < -0.4 is 4.90 Å². The van der Waals surface area contributed by atoms with Crippen LogP contribution in [0, 0.1) is 0 Å². The molecule has 2 heterocycles.